The molecule has 2 N–H and O–H groups in total. The summed E-state index contributed by atoms with van der Waals surface area (Å²) < 4.78 is 5.69. The van der Waals surface area contributed by atoms with Gasteiger partial charge >= 0.3 is 0 Å². The average Bonchev–Trinajstić information content (AvgIpc) is 2.79. The van der Waals surface area contributed by atoms with Gasteiger partial charge in [-0.3, -0.25) is 14.5 Å². The van der Waals surface area contributed by atoms with Crippen LogP contribution >= 0.6 is 0 Å². The molecule has 0 saturated carbocycles. The van der Waals surface area contributed by atoms with Crippen LogP contribution < -0.4 is 20.3 Å². The Labute approximate surface area is 189 Å². The molecule has 2 aliphatic rings. The Bertz CT molecular complexity index is 969. The normalized spacial score (nSPS) is 18.5. The zero-order valence-corrected chi connectivity index (χ0v) is 18.9. The summed E-state index contributed by atoms with van der Waals surface area (Å²) in [6, 6.07) is 13.9. The minimum absolute atomic E-state index is 0.0225. The van der Waals surface area contributed by atoms with Gasteiger partial charge in [0.2, 0.25) is 5.91 Å². The van der Waals surface area contributed by atoms with Crippen LogP contribution in [0.2, 0.25) is 0 Å². The highest BCUT2D eigenvalue weighted by atomic mass is 16.5. The zero-order valence-electron chi connectivity index (χ0n) is 18.9. The van der Waals surface area contributed by atoms with E-state index in [1.807, 2.05) is 12.1 Å². The van der Waals surface area contributed by atoms with E-state index in [-0.39, 0.29) is 18.2 Å². The lowest BCUT2D eigenvalue weighted by Gasteiger charge is -2.37. The predicted molar refractivity (Wildman–Crippen MR) is 126 cm³/mol. The van der Waals surface area contributed by atoms with Gasteiger partial charge in [-0.25, -0.2) is 0 Å². The van der Waals surface area contributed by atoms with Crippen LogP contribution in [0, 0.1) is 13.8 Å². The first-order valence-corrected chi connectivity index (χ1v) is 11.4. The van der Waals surface area contributed by atoms with Gasteiger partial charge in [0.25, 0.3) is 5.91 Å². The summed E-state index contributed by atoms with van der Waals surface area (Å²) in [6.07, 6.45) is 0.118. The van der Waals surface area contributed by atoms with Crippen molar-refractivity contribution in [1.82, 2.24) is 10.2 Å². The van der Waals surface area contributed by atoms with Crippen LogP contribution in [0.4, 0.5) is 11.4 Å². The molecule has 2 aromatic carbocycles. The van der Waals surface area contributed by atoms with Gasteiger partial charge in [0, 0.05) is 38.4 Å². The molecule has 0 aliphatic carbocycles. The van der Waals surface area contributed by atoms with E-state index >= 15 is 0 Å². The molecule has 2 heterocycles. The van der Waals surface area contributed by atoms with Gasteiger partial charge in [-0.2, -0.15) is 0 Å². The maximum absolute atomic E-state index is 12.3. The molecule has 7 heteroatoms. The molecule has 0 bridgehead atoms. The molecule has 2 aromatic rings. The van der Waals surface area contributed by atoms with E-state index < -0.39 is 6.10 Å². The van der Waals surface area contributed by atoms with Crippen LogP contribution in [0.25, 0.3) is 0 Å². The quantitative estimate of drug-likeness (QED) is 0.653. The first-order chi connectivity index (χ1) is 15.5. The van der Waals surface area contributed by atoms with Gasteiger partial charge in [0.15, 0.2) is 6.10 Å². The van der Waals surface area contributed by atoms with Crippen molar-refractivity contribution in [1.29, 1.82) is 0 Å². The molecule has 0 aromatic heterocycles. The van der Waals surface area contributed by atoms with Crippen LogP contribution in [0.3, 0.4) is 0 Å². The smallest absolute Gasteiger partial charge is 0.266 e. The number of nitrogens with one attached hydrogen (secondary N) is 2. The number of hydrogen-bond donors (Lipinski definition) is 2. The highest BCUT2D eigenvalue weighted by molar-refractivity contribution is 5.99. The summed E-state index contributed by atoms with van der Waals surface area (Å²) in [5.41, 5.74) is 4.61. The molecule has 1 fully saturated rings. The minimum Gasteiger partial charge on any atom is -0.478 e. The van der Waals surface area contributed by atoms with Crippen molar-refractivity contribution in [2.75, 3.05) is 49.5 Å². The lowest BCUT2D eigenvalue weighted by Crippen LogP contribution is -2.47. The molecule has 0 unspecified atom stereocenters. The van der Waals surface area contributed by atoms with E-state index in [0.29, 0.717) is 18.0 Å². The van der Waals surface area contributed by atoms with Crippen LogP contribution in [-0.2, 0) is 9.59 Å². The second-order valence-electron chi connectivity index (χ2n) is 8.62. The van der Waals surface area contributed by atoms with Gasteiger partial charge < -0.3 is 20.3 Å². The highest BCUT2D eigenvalue weighted by Crippen LogP contribution is 2.29. The number of para-hydroxylation sites is 2. The summed E-state index contributed by atoms with van der Waals surface area (Å²) in [7, 11) is 0. The number of benzene rings is 2. The Morgan fingerprint density at radius 3 is 2.72 bits per heavy atom. The van der Waals surface area contributed by atoms with Crippen molar-refractivity contribution in [3.63, 3.8) is 0 Å². The Hall–Kier alpha value is -3.06. The number of fused-ring (bicyclic) bond motifs is 1. The third-order valence-electron chi connectivity index (χ3n) is 6.13. The standard InChI is InChI=1S/C25H32N4O3/c1-18-8-9-19(2)21(16-18)29-14-12-28(13-15-29)11-5-10-26-24(30)17-23-25(31)27-20-6-3-4-7-22(20)32-23/h3-4,6-9,16,23H,5,10-15,17H2,1-2H3,(H,26,30)(H,27,31)/t23-/m1/s1. The lowest BCUT2D eigenvalue weighted by molar-refractivity contribution is -0.130. The predicted octanol–water partition coefficient (Wildman–Crippen LogP) is 2.72. The number of aryl methyl sites for hydroxylation is 2. The molecular formula is C25H32N4O3. The number of nitrogens with zero attached hydrogens (tertiary/aromatic N) is 2. The Balaban J connectivity index is 1.14. The van der Waals surface area contributed by atoms with Crippen molar-refractivity contribution >= 4 is 23.2 Å². The molecule has 170 valence electrons. The van der Waals surface area contributed by atoms with Crippen molar-refractivity contribution in [3.05, 3.63) is 53.6 Å². The van der Waals surface area contributed by atoms with Crippen LogP contribution in [-0.4, -0.2) is 62.1 Å². The molecule has 7 nitrogen and oxygen atoms in total. The molecule has 0 spiro atoms. The first-order valence-electron chi connectivity index (χ1n) is 11.4. The number of piperazine rings is 1. The number of anilines is 2. The average molecular weight is 437 g/mol. The van der Waals surface area contributed by atoms with Gasteiger partial charge in [-0.1, -0.05) is 24.3 Å². The van der Waals surface area contributed by atoms with E-state index in [9.17, 15) is 9.59 Å². The maximum Gasteiger partial charge on any atom is 0.266 e. The zero-order chi connectivity index (χ0) is 22.5. The van der Waals surface area contributed by atoms with Crippen molar-refractivity contribution in [2.24, 2.45) is 0 Å². The SMILES string of the molecule is Cc1ccc(C)c(N2CCN(CCCNC(=O)C[C@H]3Oc4ccccc4NC3=O)CC2)c1. The fourth-order valence-electron chi connectivity index (χ4n) is 4.27. The van der Waals surface area contributed by atoms with E-state index in [1.54, 1.807) is 12.1 Å². The summed E-state index contributed by atoms with van der Waals surface area (Å²) in [4.78, 5) is 29.4. The van der Waals surface area contributed by atoms with Crippen LogP contribution in [0.1, 0.15) is 24.0 Å². The van der Waals surface area contributed by atoms with Crippen LogP contribution in [0.5, 0.6) is 5.75 Å². The minimum atomic E-state index is -0.789. The number of hydrogen-bond acceptors (Lipinski definition) is 5. The Kier molecular flexibility index (Phi) is 6.95. The molecule has 4 rings (SSSR count). The summed E-state index contributed by atoms with van der Waals surface area (Å²) >= 11 is 0. The van der Waals surface area contributed by atoms with E-state index in [4.69, 9.17) is 4.74 Å². The number of rotatable bonds is 7. The number of amides is 2. The summed E-state index contributed by atoms with van der Waals surface area (Å²) in [6.45, 7) is 9.95. The maximum atomic E-state index is 12.3. The third kappa shape index (κ3) is 5.40. The molecule has 0 radical (unpaired) electrons. The first kappa shape index (κ1) is 22.1. The topological polar surface area (TPSA) is 73.9 Å². The Morgan fingerprint density at radius 2 is 1.91 bits per heavy atom. The molecule has 2 aliphatic heterocycles. The fraction of sp³-hybridized carbons (Fsp3) is 0.440. The largest absolute Gasteiger partial charge is 0.478 e. The second kappa shape index (κ2) is 10.0. The Morgan fingerprint density at radius 1 is 1.12 bits per heavy atom. The monoisotopic (exact) mass is 436 g/mol. The van der Waals surface area contributed by atoms with Crippen molar-refractivity contribution < 1.29 is 14.3 Å². The van der Waals surface area contributed by atoms with Gasteiger partial charge in [0.05, 0.1) is 12.1 Å². The van der Waals surface area contributed by atoms with Crippen molar-refractivity contribution in [3.8, 4) is 5.75 Å². The third-order valence-corrected chi connectivity index (χ3v) is 6.13. The molecular weight excluding hydrogens is 404 g/mol. The van der Waals surface area contributed by atoms with E-state index in [2.05, 4.69) is 52.5 Å². The summed E-state index contributed by atoms with van der Waals surface area (Å²) in [5, 5.41) is 5.72. The van der Waals surface area contributed by atoms with Gasteiger partial charge in [-0.15, -0.1) is 0 Å². The summed E-state index contributed by atoms with van der Waals surface area (Å²) in [5.74, 6) is 0.162. The molecule has 32 heavy (non-hydrogen) atoms. The number of carbonyl (C=O) groups excluding carboxylic acids is 2. The fourth-order valence-corrected chi connectivity index (χ4v) is 4.27. The van der Waals surface area contributed by atoms with E-state index in [1.165, 1.54) is 16.8 Å². The van der Waals surface area contributed by atoms with Crippen LogP contribution in [0.15, 0.2) is 42.5 Å². The van der Waals surface area contributed by atoms with E-state index in [0.717, 1.165) is 39.1 Å². The van der Waals surface area contributed by atoms with Crippen molar-refractivity contribution in [2.45, 2.75) is 32.8 Å². The number of carbonyl (C=O) groups is 2. The molecule has 1 atom stereocenters. The molecule has 2 amide bonds. The van der Waals surface area contributed by atoms with Gasteiger partial charge in [0.1, 0.15) is 5.75 Å². The van der Waals surface area contributed by atoms with Gasteiger partial charge in [-0.05, 0) is 56.1 Å². The molecule has 1 saturated heterocycles. The highest BCUT2D eigenvalue weighted by Gasteiger charge is 2.29. The number of ether oxygens (including phenoxy) is 1. The lowest BCUT2D eigenvalue weighted by atomic mass is 10.1. The second-order valence-corrected chi connectivity index (χ2v) is 8.62.